The van der Waals surface area contributed by atoms with E-state index in [-0.39, 0.29) is 5.82 Å². The summed E-state index contributed by atoms with van der Waals surface area (Å²) < 4.78 is 16.9. The summed E-state index contributed by atoms with van der Waals surface area (Å²) >= 11 is 14.1. The summed E-state index contributed by atoms with van der Waals surface area (Å²) in [5.41, 5.74) is 2.02. The van der Waals surface area contributed by atoms with Gasteiger partial charge in [0.15, 0.2) is 5.82 Å². The zero-order chi connectivity index (χ0) is 15.0. The van der Waals surface area contributed by atoms with E-state index in [9.17, 15) is 4.39 Å². The van der Waals surface area contributed by atoms with Gasteiger partial charge >= 0.3 is 0 Å². The van der Waals surface area contributed by atoms with Gasteiger partial charge in [0.1, 0.15) is 11.3 Å². The van der Waals surface area contributed by atoms with Gasteiger partial charge in [0.05, 0.1) is 11.2 Å². The van der Waals surface area contributed by atoms with Gasteiger partial charge in [-0.25, -0.2) is 9.37 Å². The Balaban J connectivity index is 2.33. The van der Waals surface area contributed by atoms with Crippen LogP contribution in [0.3, 0.4) is 0 Å². The fraction of sp³-hybridized carbons (Fsp3) is 0.133. The van der Waals surface area contributed by atoms with Crippen LogP contribution in [0.5, 0.6) is 0 Å². The van der Waals surface area contributed by atoms with Gasteiger partial charge in [0.2, 0.25) is 0 Å². The molecule has 0 saturated heterocycles. The first-order valence-corrected chi connectivity index (χ1v) is 8.28. The summed E-state index contributed by atoms with van der Waals surface area (Å²) in [6, 6.07) is 10.5. The number of hydrogen-bond donors (Lipinski definition) is 0. The van der Waals surface area contributed by atoms with E-state index in [1.807, 2.05) is 28.8 Å². The molecule has 2 nitrogen and oxygen atoms in total. The van der Waals surface area contributed by atoms with E-state index >= 15 is 0 Å². The van der Waals surface area contributed by atoms with Gasteiger partial charge in [0.25, 0.3) is 0 Å². The van der Waals surface area contributed by atoms with Crippen molar-refractivity contribution in [2.24, 2.45) is 0 Å². The number of nitrogens with zero attached hydrogens (tertiary/aromatic N) is 2. The monoisotopic (exact) mass is 434 g/mol. The molecule has 0 aliphatic heterocycles. The molecular weight excluding hydrogens is 425 g/mol. The average molecular weight is 435 g/mol. The highest BCUT2D eigenvalue weighted by Gasteiger charge is 2.16. The summed E-state index contributed by atoms with van der Waals surface area (Å²) in [5, 5.41) is 0.664. The third kappa shape index (κ3) is 2.76. The van der Waals surface area contributed by atoms with Crippen LogP contribution in [-0.2, 0) is 6.42 Å². The van der Waals surface area contributed by atoms with Crippen molar-refractivity contribution in [3.8, 4) is 5.69 Å². The smallest absolute Gasteiger partial charge is 0.151 e. The van der Waals surface area contributed by atoms with Crippen molar-refractivity contribution in [3.63, 3.8) is 0 Å². The molecule has 0 N–H and O–H groups in total. The van der Waals surface area contributed by atoms with Crippen molar-refractivity contribution in [1.29, 1.82) is 0 Å². The van der Waals surface area contributed by atoms with Crippen molar-refractivity contribution >= 4 is 56.8 Å². The van der Waals surface area contributed by atoms with Gasteiger partial charge in [-0.2, -0.15) is 0 Å². The van der Waals surface area contributed by atoms with E-state index in [1.165, 1.54) is 6.07 Å². The molecular formula is C15H10Cl2FIN2. The van der Waals surface area contributed by atoms with E-state index in [2.05, 4.69) is 27.6 Å². The highest BCUT2D eigenvalue weighted by atomic mass is 127. The first-order valence-electron chi connectivity index (χ1n) is 6.29. The molecule has 1 aromatic heterocycles. The van der Waals surface area contributed by atoms with Gasteiger partial charge in [-0.3, -0.25) is 4.57 Å². The summed E-state index contributed by atoms with van der Waals surface area (Å²) in [7, 11) is 0. The molecule has 0 aliphatic carbocycles. The zero-order valence-corrected chi connectivity index (χ0v) is 14.5. The molecule has 0 radical (unpaired) electrons. The number of fused-ring (bicyclic) bond motifs is 1. The molecule has 0 spiro atoms. The van der Waals surface area contributed by atoms with Crippen LogP contribution in [0, 0.1) is 9.39 Å². The summed E-state index contributed by atoms with van der Waals surface area (Å²) in [6.45, 7) is 0. The van der Waals surface area contributed by atoms with Crippen molar-refractivity contribution in [1.82, 2.24) is 9.55 Å². The number of rotatable bonds is 3. The second kappa shape index (κ2) is 6.10. The minimum absolute atomic E-state index is 0.328. The standard InChI is InChI=1S/C15H10Cl2FIN2/c16-7-6-14-20-15-10(18)2-1-3-13(15)21(14)12-5-4-9(17)8-11(12)19/h1-5,8H,6-7H2. The summed E-state index contributed by atoms with van der Waals surface area (Å²) in [5.74, 6) is 0.839. The molecule has 21 heavy (non-hydrogen) atoms. The highest BCUT2D eigenvalue weighted by Crippen LogP contribution is 2.28. The van der Waals surface area contributed by atoms with Gasteiger partial charge in [-0.1, -0.05) is 17.7 Å². The first-order chi connectivity index (χ1) is 10.1. The lowest BCUT2D eigenvalue weighted by Gasteiger charge is -2.11. The Labute approximate surface area is 145 Å². The number of para-hydroxylation sites is 1. The van der Waals surface area contributed by atoms with Crippen molar-refractivity contribution in [3.05, 3.63) is 56.6 Å². The normalized spacial score (nSPS) is 11.2. The minimum Gasteiger partial charge on any atom is -0.295 e. The number of aryl methyl sites for hydroxylation is 1. The Bertz CT molecular complexity index is 817. The number of imidazole rings is 1. The van der Waals surface area contributed by atoms with Gasteiger partial charge in [-0.05, 0) is 52.9 Å². The maximum absolute atomic E-state index is 14.0. The van der Waals surface area contributed by atoms with Crippen molar-refractivity contribution < 1.29 is 4.39 Å². The molecule has 108 valence electrons. The number of aromatic nitrogens is 2. The third-order valence-corrected chi connectivity index (χ3v) is 4.46. The van der Waals surface area contributed by atoms with Crippen LogP contribution in [0.4, 0.5) is 4.39 Å². The maximum atomic E-state index is 14.0. The minimum atomic E-state index is -0.328. The van der Waals surface area contributed by atoms with Gasteiger partial charge in [-0.15, -0.1) is 11.6 Å². The fourth-order valence-corrected chi connectivity index (χ4v) is 3.58. The first kappa shape index (κ1) is 15.1. The predicted molar refractivity (Wildman–Crippen MR) is 93.2 cm³/mol. The lowest BCUT2D eigenvalue weighted by molar-refractivity contribution is 0.637. The average Bonchev–Trinajstić information content (AvgIpc) is 2.79. The Morgan fingerprint density at radius 1 is 1.24 bits per heavy atom. The van der Waals surface area contributed by atoms with E-state index in [4.69, 9.17) is 23.2 Å². The second-order valence-electron chi connectivity index (χ2n) is 4.51. The van der Waals surface area contributed by atoms with Crippen LogP contribution in [0.2, 0.25) is 5.02 Å². The Morgan fingerprint density at radius 2 is 2.05 bits per heavy atom. The van der Waals surface area contributed by atoms with Crippen molar-refractivity contribution in [2.45, 2.75) is 6.42 Å². The second-order valence-corrected chi connectivity index (χ2v) is 6.48. The third-order valence-electron chi connectivity index (χ3n) is 3.17. The quantitative estimate of drug-likeness (QED) is 0.409. The summed E-state index contributed by atoms with van der Waals surface area (Å²) in [6.07, 6.45) is 0.564. The molecule has 6 heteroatoms. The molecule has 0 unspecified atom stereocenters. The van der Waals surface area contributed by atoms with E-state index < -0.39 is 0 Å². The Morgan fingerprint density at radius 3 is 2.76 bits per heavy atom. The Hall–Kier alpha value is -0.850. The lowest BCUT2D eigenvalue weighted by atomic mass is 10.2. The molecule has 0 amide bonds. The molecule has 3 rings (SSSR count). The van der Waals surface area contributed by atoms with E-state index in [1.54, 1.807) is 6.07 Å². The highest BCUT2D eigenvalue weighted by molar-refractivity contribution is 14.1. The van der Waals surface area contributed by atoms with Crippen LogP contribution in [0.25, 0.3) is 16.7 Å². The molecule has 1 heterocycles. The number of halogens is 4. The van der Waals surface area contributed by atoms with E-state index in [0.717, 1.165) is 20.6 Å². The number of benzene rings is 2. The molecule has 0 bridgehead atoms. The molecule has 0 aliphatic rings. The fourth-order valence-electron chi connectivity index (χ4n) is 2.30. The van der Waals surface area contributed by atoms with Crippen LogP contribution in [0.1, 0.15) is 5.82 Å². The zero-order valence-electron chi connectivity index (χ0n) is 10.8. The van der Waals surface area contributed by atoms with Crippen molar-refractivity contribution in [2.75, 3.05) is 5.88 Å². The Kier molecular flexibility index (Phi) is 4.38. The topological polar surface area (TPSA) is 17.8 Å². The van der Waals surface area contributed by atoms with Crippen LogP contribution >= 0.6 is 45.8 Å². The predicted octanol–water partition coefficient (Wildman–Crippen LogP) is 5.20. The molecule has 0 atom stereocenters. The number of hydrogen-bond acceptors (Lipinski definition) is 1. The molecule has 3 aromatic rings. The van der Waals surface area contributed by atoms with Gasteiger partial charge in [0, 0.05) is 20.9 Å². The van der Waals surface area contributed by atoms with Gasteiger partial charge < -0.3 is 0 Å². The number of alkyl halides is 1. The maximum Gasteiger partial charge on any atom is 0.151 e. The largest absolute Gasteiger partial charge is 0.295 e. The molecule has 2 aromatic carbocycles. The van der Waals surface area contributed by atoms with Crippen LogP contribution in [0.15, 0.2) is 36.4 Å². The van der Waals surface area contributed by atoms with Crippen LogP contribution in [-0.4, -0.2) is 15.4 Å². The van der Waals surface area contributed by atoms with Crippen LogP contribution < -0.4 is 0 Å². The SMILES string of the molecule is Fc1cccc2c1nc(CCCl)n2-c1ccc(Cl)cc1I. The van der Waals surface area contributed by atoms with E-state index in [0.29, 0.717) is 22.8 Å². The molecule has 0 fully saturated rings. The molecule has 0 saturated carbocycles. The lowest BCUT2D eigenvalue weighted by Crippen LogP contribution is -2.04. The summed E-state index contributed by atoms with van der Waals surface area (Å²) in [4.78, 5) is 4.41.